The SMILES string of the molecule is CC(C)C1=C(Cc2ccccc2)NC(=O)NC1. The molecule has 0 saturated heterocycles. The molecule has 0 atom stereocenters. The first-order valence-electron chi connectivity index (χ1n) is 5.97. The van der Waals surface area contributed by atoms with Crippen LogP contribution in [0.1, 0.15) is 19.4 Å². The molecule has 0 spiro atoms. The Bertz CT molecular complexity index is 435. The molecule has 0 aromatic heterocycles. The second kappa shape index (κ2) is 5.04. The van der Waals surface area contributed by atoms with Crippen molar-refractivity contribution in [2.45, 2.75) is 20.3 Å². The summed E-state index contributed by atoms with van der Waals surface area (Å²) in [6.45, 7) is 4.96. The molecule has 1 aliphatic rings. The minimum atomic E-state index is -0.0969. The first kappa shape index (κ1) is 11.7. The van der Waals surface area contributed by atoms with Crippen molar-refractivity contribution in [3.8, 4) is 0 Å². The minimum absolute atomic E-state index is 0.0969. The van der Waals surface area contributed by atoms with E-state index in [0.717, 1.165) is 12.1 Å². The average molecular weight is 230 g/mol. The molecule has 17 heavy (non-hydrogen) atoms. The molecule has 2 N–H and O–H groups in total. The molecule has 2 rings (SSSR count). The van der Waals surface area contributed by atoms with Crippen molar-refractivity contribution >= 4 is 6.03 Å². The van der Waals surface area contributed by atoms with Crippen LogP contribution in [0.5, 0.6) is 0 Å². The molecule has 2 amide bonds. The molecule has 0 radical (unpaired) electrons. The summed E-state index contributed by atoms with van der Waals surface area (Å²) < 4.78 is 0. The van der Waals surface area contributed by atoms with E-state index >= 15 is 0 Å². The Morgan fingerprint density at radius 3 is 2.59 bits per heavy atom. The molecule has 0 saturated carbocycles. The Balaban J connectivity index is 2.23. The van der Waals surface area contributed by atoms with Crippen LogP contribution >= 0.6 is 0 Å². The van der Waals surface area contributed by atoms with Crippen molar-refractivity contribution < 1.29 is 4.79 Å². The fourth-order valence-corrected chi connectivity index (χ4v) is 2.05. The topological polar surface area (TPSA) is 41.1 Å². The second-order valence-corrected chi connectivity index (χ2v) is 4.63. The maximum Gasteiger partial charge on any atom is 0.319 e. The highest BCUT2D eigenvalue weighted by Crippen LogP contribution is 2.18. The van der Waals surface area contributed by atoms with Gasteiger partial charge in [-0.25, -0.2) is 4.79 Å². The summed E-state index contributed by atoms with van der Waals surface area (Å²) in [5.74, 6) is 0.446. The molecule has 0 unspecified atom stereocenters. The average Bonchev–Trinajstić information content (AvgIpc) is 2.30. The molecule has 1 heterocycles. The fourth-order valence-electron chi connectivity index (χ4n) is 2.05. The van der Waals surface area contributed by atoms with E-state index in [1.165, 1.54) is 11.1 Å². The van der Waals surface area contributed by atoms with Gasteiger partial charge < -0.3 is 10.6 Å². The lowest BCUT2D eigenvalue weighted by atomic mass is 9.96. The van der Waals surface area contributed by atoms with E-state index in [0.29, 0.717) is 12.5 Å². The van der Waals surface area contributed by atoms with Gasteiger partial charge >= 0.3 is 6.03 Å². The van der Waals surface area contributed by atoms with Crippen molar-refractivity contribution in [1.82, 2.24) is 10.6 Å². The van der Waals surface area contributed by atoms with Gasteiger partial charge in [-0.05, 0) is 17.1 Å². The molecular formula is C14H18N2O. The molecule has 1 aromatic rings. The van der Waals surface area contributed by atoms with Gasteiger partial charge in [0.15, 0.2) is 0 Å². The number of benzene rings is 1. The zero-order chi connectivity index (χ0) is 12.3. The molecule has 3 heteroatoms. The third-order valence-corrected chi connectivity index (χ3v) is 3.01. The normalized spacial score (nSPS) is 15.8. The van der Waals surface area contributed by atoms with Crippen LogP contribution < -0.4 is 10.6 Å². The molecule has 1 aliphatic heterocycles. The van der Waals surface area contributed by atoms with Crippen LogP contribution in [0.2, 0.25) is 0 Å². The number of rotatable bonds is 3. The van der Waals surface area contributed by atoms with Gasteiger partial charge in [0.25, 0.3) is 0 Å². The maximum absolute atomic E-state index is 11.4. The second-order valence-electron chi connectivity index (χ2n) is 4.63. The number of hydrogen-bond acceptors (Lipinski definition) is 1. The molecule has 0 aliphatic carbocycles. The lowest BCUT2D eigenvalue weighted by molar-refractivity contribution is 0.241. The Kier molecular flexibility index (Phi) is 3.47. The lowest BCUT2D eigenvalue weighted by Crippen LogP contribution is -2.43. The monoisotopic (exact) mass is 230 g/mol. The minimum Gasteiger partial charge on any atom is -0.334 e. The van der Waals surface area contributed by atoms with Crippen LogP contribution in [-0.4, -0.2) is 12.6 Å². The van der Waals surface area contributed by atoms with Crippen LogP contribution in [0.3, 0.4) is 0 Å². The number of carbonyl (C=O) groups excluding carboxylic acids is 1. The molecule has 1 aromatic carbocycles. The van der Waals surface area contributed by atoms with Crippen molar-refractivity contribution in [2.75, 3.05) is 6.54 Å². The largest absolute Gasteiger partial charge is 0.334 e. The van der Waals surface area contributed by atoms with Crippen molar-refractivity contribution in [3.05, 3.63) is 47.2 Å². The number of carbonyl (C=O) groups is 1. The molecule has 3 nitrogen and oxygen atoms in total. The Morgan fingerprint density at radius 2 is 1.94 bits per heavy atom. The predicted octanol–water partition coefficient (Wildman–Crippen LogP) is 2.45. The van der Waals surface area contributed by atoms with Gasteiger partial charge in [-0.3, -0.25) is 0 Å². The van der Waals surface area contributed by atoms with E-state index < -0.39 is 0 Å². The summed E-state index contributed by atoms with van der Waals surface area (Å²) in [6, 6.07) is 10.1. The lowest BCUT2D eigenvalue weighted by Gasteiger charge is -2.24. The zero-order valence-electron chi connectivity index (χ0n) is 10.3. The summed E-state index contributed by atoms with van der Waals surface area (Å²) in [7, 11) is 0. The third kappa shape index (κ3) is 2.87. The summed E-state index contributed by atoms with van der Waals surface area (Å²) in [5.41, 5.74) is 3.56. The van der Waals surface area contributed by atoms with Gasteiger partial charge in [0.1, 0.15) is 0 Å². The van der Waals surface area contributed by atoms with E-state index in [-0.39, 0.29) is 6.03 Å². The Hall–Kier alpha value is -1.77. The van der Waals surface area contributed by atoms with Crippen molar-refractivity contribution in [1.29, 1.82) is 0 Å². The summed E-state index contributed by atoms with van der Waals surface area (Å²) in [4.78, 5) is 11.4. The van der Waals surface area contributed by atoms with E-state index in [1.807, 2.05) is 18.2 Å². The van der Waals surface area contributed by atoms with Gasteiger partial charge in [-0.2, -0.15) is 0 Å². The quantitative estimate of drug-likeness (QED) is 0.822. The highest BCUT2D eigenvalue weighted by atomic mass is 16.2. The van der Waals surface area contributed by atoms with Crippen LogP contribution in [0.4, 0.5) is 4.79 Å². The number of hydrogen-bond donors (Lipinski definition) is 2. The summed E-state index contributed by atoms with van der Waals surface area (Å²) in [6.07, 6.45) is 0.793. The molecular weight excluding hydrogens is 212 g/mol. The highest BCUT2D eigenvalue weighted by Gasteiger charge is 2.19. The van der Waals surface area contributed by atoms with Gasteiger partial charge in [-0.15, -0.1) is 0 Å². The number of amides is 2. The smallest absolute Gasteiger partial charge is 0.319 e. The number of nitrogens with one attached hydrogen (secondary N) is 2. The summed E-state index contributed by atoms with van der Waals surface area (Å²) in [5, 5.41) is 5.75. The van der Waals surface area contributed by atoms with Crippen LogP contribution in [-0.2, 0) is 6.42 Å². The van der Waals surface area contributed by atoms with Gasteiger partial charge in [0.2, 0.25) is 0 Å². The number of urea groups is 1. The van der Waals surface area contributed by atoms with Crippen LogP contribution in [0.15, 0.2) is 41.6 Å². The third-order valence-electron chi connectivity index (χ3n) is 3.01. The zero-order valence-corrected chi connectivity index (χ0v) is 10.3. The predicted molar refractivity (Wildman–Crippen MR) is 68.5 cm³/mol. The molecule has 0 fully saturated rings. The summed E-state index contributed by atoms with van der Waals surface area (Å²) >= 11 is 0. The highest BCUT2D eigenvalue weighted by molar-refractivity contribution is 5.78. The standard InChI is InChI=1S/C14H18N2O/c1-10(2)12-9-15-14(17)16-13(12)8-11-6-4-3-5-7-11/h3-7,10H,8-9H2,1-2H3,(H2,15,16,17). The fraction of sp³-hybridized carbons (Fsp3) is 0.357. The maximum atomic E-state index is 11.4. The first-order valence-corrected chi connectivity index (χ1v) is 5.97. The molecule has 90 valence electrons. The van der Waals surface area contributed by atoms with E-state index in [4.69, 9.17) is 0 Å². The van der Waals surface area contributed by atoms with Crippen LogP contribution in [0, 0.1) is 5.92 Å². The van der Waals surface area contributed by atoms with Crippen LogP contribution in [0.25, 0.3) is 0 Å². The van der Waals surface area contributed by atoms with Gasteiger partial charge in [0, 0.05) is 18.7 Å². The van der Waals surface area contributed by atoms with Gasteiger partial charge in [0.05, 0.1) is 0 Å². The van der Waals surface area contributed by atoms with Crippen molar-refractivity contribution in [3.63, 3.8) is 0 Å². The number of allylic oxidation sites excluding steroid dienone is 1. The Labute approximate surface area is 102 Å². The first-order chi connectivity index (χ1) is 8.16. The van der Waals surface area contributed by atoms with Crippen molar-refractivity contribution in [2.24, 2.45) is 5.92 Å². The van der Waals surface area contributed by atoms with E-state index in [2.05, 4.69) is 36.6 Å². The van der Waals surface area contributed by atoms with E-state index in [9.17, 15) is 4.79 Å². The van der Waals surface area contributed by atoms with E-state index in [1.54, 1.807) is 0 Å². The Morgan fingerprint density at radius 1 is 1.24 bits per heavy atom. The van der Waals surface area contributed by atoms with Gasteiger partial charge in [-0.1, -0.05) is 44.2 Å². The molecule has 0 bridgehead atoms.